The van der Waals surface area contributed by atoms with Crippen molar-refractivity contribution in [2.24, 2.45) is 11.3 Å². The minimum absolute atomic E-state index is 0.243. The summed E-state index contributed by atoms with van der Waals surface area (Å²) >= 11 is 0. The maximum Gasteiger partial charge on any atom is 0.412 e. The molecule has 0 bridgehead atoms. The lowest BCUT2D eigenvalue weighted by atomic mass is 9.96. The third kappa shape index (κ3) is 6.15. The van der Waals surface area contributed by atoms with Gasteiger partial charge in [0.15, 0.2) is 11.6 Å². The summed E-state index contributed by atoms with van der Waals surface area (Å²) < 4.78 is 13.5. The third-order valence-corrected chi connectivity index (χ3v) is 4.73. The number of anilines is 1. The molecule has 0 fully saturated rings. The van der Waals surface area contributed by atoms with E-state index in [1.807, 2.05) is 20.8 Å². The standard InChI is InChI=1S/C24H36N2O5/c1-8-9-12-30-20-19-13-17(31-14-16(2)3)10-11-18(19)22(27)26(15-24(4,5)6)21(20)25(7)23(28)29/h10-11,13,16H,8-9,12,14-15H2,1-7H3,(H,28,29). The first kappa shape index (κ1) is 24.6. The number of ether oxygens (including phenoxy) is 2. The second kappa shape index (κ2) is 10.1. The Hall–Kier alpha value is -2.70. The molecule has 1 aromatic carbocycles. The molecule has 172 valence electrons. The summed E-state index contributed by atoms with van der Waals surface area (Å²) in [6.07, 6.45) is 0.598. The van der Waals surface area contributed by atoms with Crippen LogP contribution in [0, 0.1) is 11.3 Å². The Balaban J connectivity index is 2.83. The van der Waals surface area contributed by atoms with Crippen LogP contribution < -0.4 is 19.9 Å². The Morgan fingerprint density at radius 3 is 2.42 bits per heavy atom. The summed E-state index contributed by atoms with van der Waals surface area (Å²) in [5, 5.41) is 10.8. The van der Waals surface area contributed by atoms with E-state index in [9.17, 15) is 14.7 Å². The van der Waals surface area contributed by atoms with Gasteiger partial charge in [-0.1, -0.05) is 48.0 Å². The molecule has 0 aliphatic heterocycles. The lowest BCUT2D eigenvalue weighted by molar-refractivity contribution is 0.202. The van der Waals surface area contributed by atoms with Gasteiger partial charge in [0.25, 0.3) is 5.56 Å². The number of aromatic nitrogens is 1. The molecule has 2 aromatic rings. The molecule has 0 aliphatic rings. The highest BCUT2D eigenvalue weighted by molar-refractivity contribution is 5.97. The van der Waals surface area contributed by atoms with Gasteiger partial charge in [-0.25, -0.2) is 4.79 Å². The lowest BCUT2D eigenvalue weighted by Gasteiger charge is -2.28. The number of hydrogen-bond donors (Lipinski definition) is 1. The van der Waals surface area contributed by atoms with Crippen molar-refractivity contribution in [3.8, 4) is 11.5 Å². The molecule has 7 heteroatoms. The van der Waals surface area contributed by atoms with Crippen LogP contribution in [0.3, 0.4) is 0 Å². The minimum atomic E-state index is -1.16. The van der Waals surface area contributed by atoms with Crippen molar-refractivity contribution >= 4 is 22.7 Å². The molecule has 0 unspecified atom stereocenters. The fraction of sp³-hybridized carbons (Fsp3) is 0.583. The third-order valence-electron chi connectivity index (χ3n) is 4.73. The molecule has 0 spiro atoms. The van der Waals surface area contributed by atoms with Crippen LogP contribution in [0.1, 0.15) is 54.4 Å². The number of unbranched alkanes of at least 4 members (excludes halogenated alkanes) is 1. The Morgan fingerprint density at radius 1 is 1.19 bits per heavy atom. The maximum absolute atomic E-state index is 13.5. The maximum atomic E-state index is 13.5. The van der Waals surface area contributed by atoms with Crippen molar-refractivity contribution in [2.75, 3.05) is 25.2 Å². The van der Waals surface area contributed by atoms with Gasteiger partial charge in [0.05, 0.1) is 18.6 Å². The summed E-state index contributed by atoms with van der Waals surface area (Å²) in [5.74, 6) is 1.62. The van der Waals surface area contributed by atoms with Gasteiger partial charge in [-0.15, -0.1) is 0 Å². The van der Waals surface area contributed by atoms with E-state index < -0.39 is 6.09 Å². The number of amides is 1. The van der Waals surface area contributed by atoms with E-state index in [1.165, 1.54) is 11.6 Å². The number of carbonyl (C=O) groups is 1. The first-order valence-corrected chi connectivity index (χ1v) is 10.9. The normalized spacial score (nSPS) is 11.7. The van der Waals surface area contributed by atoms with Crippen LogP contribution >= 0.6 is 0 Å². The SMILES string of the molecule is CCCCOc1c(N(C)C(=O)O)n(CC(C)(C)C)c(=O)c2ccc(OCC(C)C)cc12. The van der Waals surface area contributed by atoms with Crippen LogP contribution in [0.2, 0.25) is 0 Å². The first-order chi connectivity index (χ1) is 14.5. The summed E-state index contributed by atoms with van der Waals surface area (Å²) in [6, 6.07) is 5.30. The van der Waals surface area contributed by atoms with Crippen LogP contribution in [0.25, 0.3) is 10.8 Å². The summed E-state index contributed by atoms with van der Waals surface area (Å²) in [7, 11) is 1.44. The molecule has 0 atom stereocenters. The zero-order valence-electron chi connectivity index (χ0n) is 19.8. The van der Waals surface area contributed by atoms with Gasteiger partial charge in [-0.2, -0.15) is 0 Å². The van der Waals surface area contributed by atoms with Gasteiger partial charge in [0.2, 0.25) is 0 Å². The highest BCUT2D eigenvalue weighted by atomic mass is 16.5. The van der Waals surface area contributed by atoms with Crippen molar-refractivity contribution in [1.29, 1.82) is 0 Å². The number of benzene rings is 1. The molecule has 0 radical (unpaired) electrons. The van der Waals surface area contributed by atoms with E-state index in [-0.39, 0.29) is 16.8 Å². The average molecular weight is 433 g/mol. The highest BCUT2D eigenvalue weighted by Gasteiger charge is 2.27. The molecule has 31 heavy (non-hydrogen) atoms. The van der Waals surface area contributed by atoms with Crippen molar-refractivity contribution in [2.45, 2.75) is 60.9 Å². The Bertz CT molecular complexity index is 973. The number of rotatable bonds is 9. The van der Waals surface area contributed by atoms with E-state index in [2.05, 4.69) is 20.8 Å². The fourth-order valence-electron chi connectivity index (χ4n) is 3.24. The second-order valence-electron chi connectivity index (χ2n) is 9.56. The van der Waals surface area contributed by atoms with Gasteiger partial charge < -0.3 is 14.6 Å². The number of nitrogens with zero attached hydrogens (tertiary/aromatic N) is 2. The molecule has 2 rings (SSSR count). The minimum Gasteiger partial charge on any atom is -0.493 e. The molecule has 1 aromatic heterocycles. The predicted molar refractivity (Wildman–Crippen MR) is 125 cm³/mol. The van der Waals surface area contributed by atoms with Crippen LogP contribution in [-0.2, 0) is 6.54 Å². The van der Waals surface area contributed by atoms with Crippen molar-refractivity contribution in [3.05, 3.63) is 28.6 Å². The molecular formula is C24H36N2O5. The lowest BCUT2D eigenvalue weighted by Crippen LogP contribution is -2.35. The zero-order chi connectivity index (χ0) is 23.3. The molecule has 1 amide bonds. The van der Waals surface area contributed by atoms with E-state index >= 15 is 0 Å². The van der Waals surface area contributed by atoms with Gasteiger partial charge >= 0.3 is 6.09 Å². The summed E-state index contributed by atoms with van der Waals surface area (Å²) in [6.45, 7) is 13.5. The van der Waals surface area contributed by atoms with Crippen LogP contribution in [-0.4, -0.2) is 36.0 Å². The first-order valence-electron chi connectivity index (χ1n) is 10.9. The topological polar surface area (TPSA) is 81.0 Å². The number of carboxylic acid groups (broad SMARTS) is 1. The summed E-state index contributed by atoms with van der Waals surface area (Å²) in [4.78, 5) is 26.4. The molecule has 1 heterocycles. The zero-order valence-corrected chi connectivity index (χ0v) is 19.8. The molecule has 0 saturated heterocycles. The van der Waals surface area contributed by atoms with E-state index in [0.717, 1.165) is 17.7 Å². The van der Waals surface area contributed by atoms with E-state index in [1.54, 1.807) is 18.2 Å². The van der Waals surface area contributed by atoms with Gasteiger partial charge in [0.1, 0.15) is 5.75 Å². The van der Waals surface area contributed by atoms with Crippen LogP contribution in [0.15, 0.2) is 23.0 Å². The van der Waals surface area contributed by atoms with Crippen molar-refractivity contribution in [1.82, 2.24) is 4.57 Å². The van der Waals surface area contributed by atoms with Crippen molar-refractivity contribution < 1.29 is 19.4 Å². The predicted octanol–water partition coefficient (Wildman–Crippen LogP) is 5.38. The molecular weight excluding hydrogens is 396 g/mol. The summed E-state index contributed by atoms with van der Waals surface area (Å²) in [5.41, 5.74) is -0.488. The Labute approximate surface area is 184 Å². The van der Waals surface area contributed by atoms with Gasteiger partial charge in [-0.05, 0) is 36.0 Å². The van der Waals surface area contributed by atoms with Crippen LogP contribution in [0.4, 0.5) is 10.6 Å². The molecule has 7 nitrogen and oxygen atoms in total. The van der Waals surface area contributed by atoms with E-state index in [0.29, 0.717) is 47.9 Å². The van der Waals surface area contributed by atoms with Crippen molar-refractivity contribution in [3.63, 3.8) is 0 Å². The number of hydrogen-bond acceptors (Lipinski definition) is 4. The quantitative estimate of drug-likeness (QED) is 0.538. The monoisotopic (exact) mass is 432 g/mol. The highest BCUT2D eigenvalue weighted by Crippen LogP contribution is 2.37. The average Bonchev–Trinajstić information content (AvgIpc) is 2.68. The van der Waals surface area contributed by atoms with E-state index in [4.69, 9.17) is 9.47 Å². The second-order valence-corrected chi connectivity index (χ2v) is 9.56. The number of pyridine rings is 1. The molecule has 1 N–H and O–H groups in total. The Morgan fingerprint density at radius 2 is 1.87 bits per heavy atom. The van der Waals surface area contributed by atoms with Crippen LogP contribution in [0.5, 0.6) is 11.5 Å². The fourth-order valence-corrected chi connectivity index (χ4v) is 3.24. The number of fused-ring (bicyclic) bond motifs is 1. The largest absolute Gasteiger partial charge is 0.493 e. The van der Waals surface area contributed by atoms with Gasteiger partial charge in [-0.3, -0.25) is 14.3 Å². The Kier molecular flexibility index (Phi) is 7.98. The molecule has 0 aliphatic carbocycles. The smallest absolute Gasteiger partial charge is 0.412 e. The molecule has 0 saturated carbocycles. The van der Waals surface area contributed by atoms with Gasteiger partial charge in [0, 0.05) is 19.0 Å².